The third-order valence-electron chi connectivity index (χ3n) is 5.48. The zero-order valence-corrected chi connectivity index (χ0v) is 18.6. The number of ketones is 1. The molecule has 29 heavy (non-hydrogen) atoms. The summed E-state index contributed by atoms with van der Waals surface area (Å²) in [6.07, 6.45) is 8.79. The molecule has 1 atom stereocenters. The third kappa shape index (κ3) is 6.60. The molecule has 0 aromatic rings. The second kappa shape index (κ2) is 11.4. The summed E-state index contributed by atoms with van der Waals surface area (Å²) < 4.78 is 5.55. The summed E-state index contributed by atoms with van der Waals surface area (Å²) in [5.74, 6) is 0.0378. The van der Waals surface area contributed by atoms with Crippen LogP contribution in [-0.4, -0.2) is 32.6 Å². The van der Waals surface area contributed by atoms with Crippen LogP contribution in [0, 0.1) is 28.6 Å². The van der Waals surface area contributed by atoms with Crippen molar-refractivity contribution in [3.63, 3.8) is 0 Å². The number of carbonyl (C=O) groups is 1. The molecule has 1 aliphatic heterocycles. The number of hydrogen-bond acceptors (Lipinski definition) is 6. The van der Waals surface area contributed by atoms with Gasteiger partial charge in [-0.2, -0.15) is 5.26 Å². The van der Waals surface area contributed by atoms with Gasteiger partial charge in [0.1, 0.15) is 0 Å². The van der Waals surface area contributed by atoms with Crippen molar-refractivity contribution in [1.82, 2.24) is 5.32 Å². The number of allylic oxidation sites excluding steroid dienone is 5. The number of ether oxygens (including phenoxy) is 1. The Hall–Kier alpha value is -1.81. The molecule has 1 aliphatic carbocycles. The Morgan fingerprint density at radius 3 is 2.83 bits per heavy atom. The van der Waals surface area contributed by atoms with Crippen molar-refractivity contribution in [3.8, 4) is 6.07 Å². The Morgan fingerprint density at radius 2 is 2.21 bits per heavy atom. The molecule has 0 saturated heterocycles. The lowest BCUT2D eigenvalue weighted by Gasteiger charge is -2.29. The molecule has 0 spiro atoms. The Bertz CT molecular complexity index is 732. The van der Waals surface area contributed by atoms with E-state index < -0.39 is 0 Å². The first-order valence-corrected chi connectivity index (χ1v) is 11.1. The van der Waals surface area contributed by atoms with E-state index in [2.05, 4.69) is 48.2 Å². The molecule has 158 valence electrons. The molecular formula is C23H33N3O2S. The molecule has 6 heteroatoms. The van der Waals surface area contributed by atoms with E-state index in [0.29, 0.717) is 26.2 Å². The summed E-state index contributed by atoms with van der Waals surface area (Å²) in [5, 5.41) is 16.9. The molecule has 0 fully saturated rings. The van der Waals surface area contributed by atoms with E-state index >= 15 is 0 Å². The van der Waals surface area contributed by atoms with Crippen LogP contribution in [0.1, 0.15) is 39.5 Å². The molecule has 0 radical (unpaired) electrons. The highest BCUT2D eigenvalue weighted by Gasteiger charge is 2.37. The molecule has 5 nitrogen and oxygen atoms in total. The summed E-state index contributed by atoms with van der Waals surface area (Å²) in [6.45, 7) is 5.62. The Morgan fingerprint density at radius 1 is 1.48 bits per heavy atom. The Balaban J connectivity index is 2.52. The van der Waals surface area contributed by atoms with Gasteiger partial charge in [-0.05, 0) is 34.6 Å². The fraction of sp³-hybridized carbons (Fsp3) is 0.565. The molecule has 1 heterocycles. The first kappa shape index (κ1) is 23.5. The van der Waals surface area contributed by atoms with Crippen molar-refractivity contribution in [1.29, 1.82) is 5.26 Å². The molecule has 0 amide bonds. The number of nitrogens with one attached hydrogen (secondary N) is 1. The standard InChI is InChI=1S/C23H33N3O2S/c1-23(2)9-4-19(26-3)22(20(27)16-23)21(18-7-14-29-15-8-18)17(5-10-24)6-12-28-13-11-25/h6-8,14-15,18,21,26H,4-5,9,11-13,16,25H2,1-3H3/b17-6+. The van der Waals surface area contributed by atoms with E-state index in [-0.39, 0.29) is 29.5 Å². The predicted molar refractivity (Wildman–Crippen MR) is 120 cm³/mol. The highest BCUT2D eigenvalue weighted by molar-refractivity contribution is 8.04. The first-order chi connectivity index (χ1) is 13.9. The van der Waals surface area contributed by atoms with Crippen molar-refractivity contribution < 1.29 is 9.53 Å². The Kier molecular flexibility index (Phi) is 9.22. The largest absolute Gasteiger partial charge is 0.391 e. The van der Waals surface area contributed by atoms with Gasteiger partial charge < -0.3 is 15.8 Å². The summed E-state index contributed by atoms with van der Waals surface area (Å²) in [6, 6.07) is 2.29. The molecule has 1 unspecified atom stereocenters. The number of Topliss-reactive ketones (excluding diaryl/α,β-unsaturated/α-hetero) is 1. The minimum Gasteiger partial charge on any atom is -0.391 e. The maximum Gasteiger partial charge on any atom is 0.161 e. The van der Waals surface area contributed by atoms with Gasteiger partial charge in [-0.3, -0.25) is 4.79 Å². The van der Waals surface area contributed by atoms with Crippen molar-refractivity contribution in [2.24, 2.45) is 23.0 Å². The molecule has 0 aromatic heterocycles. The maximum atomic E-state index is 13.5. The minimum atomic E-state index is -0.173. The van der Waals surface area contributed by atoms with E-state index in [9.17, 15) is 10.1 Å². The molecule has 3 N–H and O–H groups in total. The topological polar surface area (TPSA) is 88.1 Å². The van der Waals surface area contributed by atoms with Gasteiger partial charge in [0.2, 0.25) is 0 Å². The van der Waals surface area contributed by atoms with Crippen LogP contribution in [0.3, 0.4) is 0 Å². The quantitative estimate of drug-likeness (QED) is 0.436. The van der Waals surface area contributed by atoms with Crippen LogP contribution >= 0.6 is 11.8 Å². The van der Waals surface area contributed by atoms with Gasteiger partial charge in [0, 0.05) is 43.1 Å². The van der Waals surface area contributed by atoms with E-state index in [1.165, 1.54) is 0 Å². The molecule has 2 rings (SSSR count). The SMILES string of the molecule is CNC1=C(C(/C(=C/COCCN)CC#N)C2C=CSC=C2)C(=O)CC(C)(C)CC1. The number of carbonyl (C=O) groups excluding carboxylic acids is 1. The zero-order chi connectivity index (χ0) is 21.3. The van der Waals surface area contributed by atoms with Gasteiger partial charge in [0.15, 0.2) is 5.78 Å². The lowest BCUT2D eigenvalue weighted by molar-refractivity contribution is -0.117. The summed E-state index contributed by atoms with van der Waals surface area (Å²) in [5.41, 5.74) is 8.23. The van der Waals surface area contributed by atoms with Gasteiger partial charge >= 0.3 is 0 Å². The monoisotopic (exact) mass is 415 g/mol. The Labute approximate surface area is 179 Å². The van der Waals surface area contributed by atoms with Crippen LogP contribution in [0.4, 0.5) is 0 Å². The second-order valence-corrected chi connectivity index (χ2v) is 9.05. The summed E-state index contributed by atoms with van der Waals surface area (Å²) >= 11 is 1.62. The van der Waals surface area contributed by atoms with E-state index in [0.717, 1.165) is 29.7 Å². The van der Waals surface area contributed by atoms with Gasteiger partial charge in [-0.1, -0.05) is 32.1 Å². The normalized spacial score (nSPS) is 21.1. The number of nitrogens with two attached hydrogens (primary N) is 1. The van der Waals surface area contributed by atoms with Crippen molar-refractivity contribution >= 4 is 17.5 Å². The fourth-order valence-corrected chi connectivity index (χ4v) is 4.60. The van der Waals surface area contributed by atoms with Gasteiger partial charge in [-0.15, -0.1) is 11.8 Å². The predicted octanol–water partition coefficient (Wildman–Crippen LogP) is 4.06. The van der Waals surface area contributed by atoms with Crippen molar-refractivity contribution in [3.05, 3.63) is 45.9 Å². The van der Waals surface area contributed by atoms with Crippen LogP contribution in [0.25, 0.3) is 0 Å². The van der Waals surface area contributed by atoms with Crippen LogP contribution in [0.15, 0.2) is 45.9 Å². The zero-order valence-electron chi connectivity index (χ0n) is 17.7. The van der Waals surface area contributed by atoms with E-state index in [1.807, 2.05) is 13.1 Å². The fourth-order valence-electron chi connectivity index (χ4n) is 3.97. The number of nitriles is 1. The maximum absolute atomic E-state index is 13.5. The average molecular weight is 416 g/mol. The third-order valence-corrected chi connectivity index (χ3v) is 6.11. The van der Waals surface area contributed by atoms with Gasteiger partial charge in [0.05, 0.1) is 25.7 Å². The lowest BCUT2D eigenvalue weighted by Crippen LogP contribution is -2.27. The lowest BCUT2D eigenvalue weighted by atomic mass is 9.75. The highest BCUT2D eigenvalue weighted by atomic mass is 32.2. The second-order valence-electron chi connectivity index (χ2n) is 8.23. The molecular weight excluding hydrogens is 382 g/mol. The average Bonchev–Trinajstić information content (AvgIpc) is 2.81. The van der Waals surface area contributed by atoms with Crippen LogP contribution in [0.5, 0.6) is 0 Å². The molecule has 0 bridgehead atoms. The number of rotatable bonds is 9. The number of thioether (sulfide) groups is 1. The molecule has 0 aromatic carbocycles. The van der Waals surface area contributed by atoms with E-state index in [4.69, 9.17) is 10.5 Å². The summed E-state index contributed by atoms with van der Waals surface area (Å²) in [4.78, 5) is 13.5. The van der Waals surface area contributed by atoms with Crippen molar-refractivity contribution in [2.45, 2.75) is 39.5 Å². The van der Waals surface area contributed by atoms with Crippen LogP contribution in [0.2, 0.25) is 0 Å². The van der Waals surface area contributed by atoms with Gasteiger partial charge in [0.25, 0.3) is 0 Å². The smallest absolute Gasteiger partial charge is 0.161 e. The van der Waals surface area contributed by atoms with Crippen LogP contribution < -0.4 is 11.1 Å². The van der Waals surface area contributed by atoms with Gasteiger partial charge in [-0.25, -0.2) is 0 Å². The summed E-state index contributed by atoms with van der Waals surface area (Å²) in [7, 11) is 1.89. The van der Waals surface area contributed by atoms with Crippen molar-refractivity contribution in [2.75, 3.05) is 26.8 Å². The van der Waals surface area contributed by atoms with E-state index in [1.54, 1.807) is 11.8 Å². The molecule has 2 aliphatic rings. The number of nitrogens with zero attached hydrogens (tertiary/aromatic N) is 1. The first-order valence-electron chi connectivity index (χ1n) is 10.2. The minimum absolute atomic E-state index is 0.0360. The molecule has 0 saturated carbocycles. The highest BCUT2D eigenvalue weighted by Crippen LogP contribution is 2.42. The number of hydrogen-bond donors (Lipinski definition) is 2. The van der Waals surface area contributed by atoms with Crippen LogP contribution in [-0.2, 0) is 9.53 Å².